The van der Waals surface area contributed by atoms with Crippen LogP contribution >= 0.6 is 11.6 Å². The highest BCUT2D eigenvalue weighted by atomic mass is 35.5. The Bertz CT molecular complexity index is 771. The fourth-order valence-electron chi connectivity index (χ4n) is 3.64. The van der Waals surface area contributed by atoms with E-state index < -0.39 is 0 Å². The highest BCUT2D eigenvalue weighted by Crippen LogP contribution is 2.26. The minimum Gasteiger partial charge on any atom is -0.469 e. The molecule has 0 radical (unpaired) electrons. The van der Waals surface area contributed by atoms with E-state index in [2.05, 4.69) is 47.4 Å². The van der Waals surface area contributed by atoms with Gasteiger partial charge in [0.05, 0.1) is 7.11 Å². The van der Waals surface area contributed by atoms with Gasteiger partial charge in [-0.2, -0.15) is 0 Å². The number of ether oxygens (including phenoxy) is 1. The zero-order valence-electron chi connectivity index (χ0n) is 15.7. The number of benzene rings is 2. The van der Waals surface area contributed by atoms with Crippen molar-refractivity contribution in [2.45, 2.75) is 19.3 Å². The number of rotatable bonds is 7. The maximum absolute atomic E-state index is 11.5. The first-order valence-corrected chi connectivity index (χ1v) is 9.84. The first kappa shape index (κ1) is 19.7. The van der Waals surface area contributed by atoms with Crippen molar-refractivity contribution in [1.29, 1.82) is 0 Å². The molecule has 27 heavy (non-hydrogen) atoms. The van der Waals surface area contributed by atoms with Crippen molar-refractivity contribution in [2.24, 2.45) is 5.92 Å². The molecule has 1 aliphatic rings. The van der Waals surface area contributed by atoms with Crippen LogP contribution in [0.15, 0.2) is 60.7 Å². The van der Waals surface area contributed by atoms with Gasteiger partial charge in [-0.15, -0.1) is 0 Å². The van der Waals surface area contributed by atoms with Gasteiger partial charge in [-0.25, -0.2) is 0 Å². The number of halogens is 1. The Hall–Kier alpha value is -2.10. The number of nitrogens with zero attached hydrogens (tertiary/aromatic N) is 1. The SMILES string of the molecule is COC(=O)CC1CCN(CCC=C(c2ccccc2)c2ccc(Cl)cc2)C1. The van der Waals surface area contributed by atoms with Crippen LogP contribution in [0.1, 0.15) is 30.4 Å². The molecule has 1 aliphatic heterocycles. The Morgan fingerprint density at radius 2 is 1.85 bits per heavy atom. The zero-order chi connectivity index (χ0) is 19.1. The molecule has 1 fully saturated rings. The van der Waals surface area contributed by atoms with Crippen molar-refractivity contribution < 1.29 is 9.53 Å². The Morgan fingerprint density at radius 3 is 2.56 bits per heavy atom. The van der Waals surface area contributed by atoms with Gasteiger partial charge in [0, 0.05) is 24.5 Å². The third-order valence-electron chi connectivity index (χ3n) is 5.09. The standard InChI is InChI=1S/C23H26ClNO2/c1-27-23(26)16-18-13-15-25(17-18)14-5-8-22(19-6-3-2-4-7-19)20-9-11-21(24)12-10-20/h2-4,6-12,18H,5,13-17H2,1H3. The molecule has 0 aliphatic carbocycles. The molecule has 3 rings (SSSR count). The minimum atomic E-state index is -0.101. The Morgan fingerprint density at radius 1 is 1.15 bits per heavy atom. The number of carbonyl (C=O) groups excluding carboxylic acids is 1. The smallest absolute Gasteiger partial charge is 0.305 e. The van der Waals surface area contributed by atoms with Crippen LogP contribution in [0.2, 0.25) is 5.02 Å². The highest BCUT2D eigenvalue weighted by molar-refractivity contribution is 6.30. The molecule has 1 heterocycles. The van der Waals surface area contributed by atoms with E-state index in [4.69, 9.17) is 16.3 Å². The topological polar surface area (TPSA) is 29.5 Å². The van der Waals surface area contributed by atoms with Crippen molar-refractivity contribution in [3.63, 3.8) is 0 Å². The van der Waals surface area contributed by atoms with Crippen LogP contribution in [0, 0.1) is 5.92 Å². The van der Waals surface area contributed by atoms with Crippen molar-refractivity contribution in [3.8, 4) is 0 Å². The molecule has 1 saturated heterocycles. The Labute approximate surface area is 166 Å². The summed E-state index contributed by atoms with van der Waals surface area (Å²) in [6.45, 7) is 3.03. The molecule has 1 unspecified atom stereocenters. The van der Waals surface area contributed by atoms with Gasteiger partial charge in [0.15, 0.2) is 0 Å². The quantitative estimate of drug-likeness (QED) is 0.627. The molecule has 0 amide bonds. The van der Waals surface area contributed by atoms with Crippen LogP contribution < -0.4 is 0 Å². The first-order valence-electron chi connectivity index (χ1n) is 9.46. The summed E-state index contributed by atoms with van der Waals surface area (Å²) >= 11 is 6.05. The predicted octanol–water partition coefficient (Wildman–Crippen LogP) is 5.05. The average Bonchev–Trinajstić information content (AvgIpc) is 3.14. The Balaban J connectivity index is 1.65. The number of hydrogen-bond donors (Lipinski definition) is 0. The van der Waals surface area contributed by atoms with Crippen molar-refractivity contribution in [1.82, 2.24) is 4.90 Å². The largest absolute Gasteiger partial charge is 0.469 e. The van der Waals surface area contributed by atoms with Crippen LogP contribution in [0.3, 0.4) is 0 Å². The van der Waals surface area contributed by atoms with Gasteiger partial charge < -0.3 is 9.64 Å². The minimum absolute atomic E-state index is 0.101. The summed E-state index contributed by atoms with van der Waals surface area (Å²) in [4.78, 5) is 13.9. The van der Waals surface area contributed by atoms with Crippen molar-refractivity contribution >= 4 is 23.1 Å². The molecule has 2 aromatic rings. The van der Waals surface area contributed by atoms with Crippen molar-refractivity contribution in [2.75, 3.05) is 26.7 Å². The molecule has 142 valence electrons. The lowest BCUT2D eigenvalue weighted by atomic mass is 9.97. The van der Waals surface area contributed by atoms with Gasteiger partial charge in [-0.1, -0.05) is 60.1 Å². The molecule has 0 bridgehead atoms. The summed E-state index contributed by atoms with van der Waals surface area (Å²) in [5.74, 6) is 0.321. The van der Waals surface area contributed by atoms with E-state index >= 15 is 0 Å². The lowest BCUT2D eigenvalue weighted by molar-refractivity contribution is -0.141. The fourth-order valence-corrected chi connectivity index (χ4v) is 3.77. The van der Waals surface area contributed by atoms with Gasteiger partial charge in [0.1, 0.15) is 0 Å². The maximum Gasteiger partial charge on any atom is 0.305 e. The van der Waals surface area contributed by atoms with Gasteiger partial charge >= 0.3 is 5.97 Å². The summed E-state index contributed by atoms with van der Waals surface area (Å²) < 4.78 is 4.79. The fraction of sp³-hybridized carbons (Fsp3) is 0.348. The van der Waals surface area contributed by atoms with Gasteiger partial charge in [-0.05, 0) is 54.1 Å². The van der Waals surface area contributed by atoms with E-state index in [1.165, 1.54) is 23.8 Å². The molecule has 4 heteroatoms. The molecule has 0 N–H and O–H groups in total. The lowest BCUT2D eigenvalue weighted by Gasteiger charge is -2.15. The summed E-state index contributed by atoms with van der Waals surface area (Å²) in [6.07, 6.45) is 4.88. The number of methoxy groups -OCH3 is 1. The van der Waals surface area contributed by atoms with Gasteiger partial charge in [0.25, 0.3) is 0 Å². The summed E-state index contributed by atoms with van der Waals surface area (Å²) in [6, 6.07) is 18.5. The van der Waals surface area contributed by atoms with Crippen LogP contribution in [-0.2, 0) is 9.53 Å². The van der Waals surface area contributed by atoms with E-state index in [1.807, 2.05) is 18.2 Å². The first-order chi connectivity index (χ1) is 13.2. The van der Waals surface area contributed by atoms with Crippen LogP contribution in [0.5, 0.6) is 0 Å². The number of esters is 1. The molecule has 0 saturated carbocycles. The summed E-state index contributed by atoms with van der Waals surface area (Å²) in [5, 5.41) is 0.750. The molecule has 0 aromatic heterocycles. The monoisotopic (exact) mass is 383 g/mol. The van der Waals surface area contributed by atoms with Gasteiger partial charge in [-0.3, -0.25) is 4.79 Å². The maximum atomic E-state index is 11.5. The average molecular weight is 384 g/mol. The predicted molar refractivity (Wildman–Crippen MR) is 111 cm³/mol. The Kier molecular flexibility index (Phi) is 7.08. The second kappa shape index (κ2) is 9.72. The second-order valence-corrected chi connectivity index (χ2v) is 7.45. The van der Waals surface area contributed by atoms with E-state index in [-0.39, 0.29) is 5.97 Å². The van der Waals surface area contributed by atoms with Crippen LogP contribution in [0.25, 0.3) is 5.57 Å². The van der Waals surface area contributed by atoms with Crippen LogP contribution in [0.4, 0.5) is 0 Å². The third kappa shape index (κ3) is 5.69. The summed E-state index contributed by atoms with van der Waals surface area (Å²) in [7, 11) is 1.46. The van der Waals surface area contributed by atoms with Crippen LogP contribution in [-0.4, -0.2) is 37.6 Å². The van der Waals surface area contributed by atoms with E-state index in [0.717, 1.165) is 37.5 Å². The third-order valence-corrected chi connectivity index (χ3v) is 5.34. The highest BCUT2D eigenvalue weighted by Gasteiger charge is 2.24. The molecular formula is C23H26ClNO2. The molecular weight excluding hydrogens is 358 g/mol. The van der Waals surface area contributed by atoms with Crippen molar-refractivity contribution in [3.05, 3.63) is 76.8 Å². The number of hydrogen-bond acceptors (Lipinski definition) is 3. The summed E-state index contributed by atoms with van der Waals surface area (Å²) in [5.41, 5.74) is 3.62. The van der Waals surface area contributed by atoms with E-state index in [1.54, 1.807) is 0 Å². The van der Waals surface area contributed by atoms with E-state index in [9.17, 15) is 4.79 Å². The van der Waals surface area contributed by atoms with E-state index in [0.29, 0.717) is 12.3 Å². The molecule has 0 spiro atoms. The number of likely N-dealkylation sites (tertiary alicyclic amines) is 1. The number of carbonyl (C=O) groups is 1. The molecule has 2 aromatic carbocycles. The lowest BCUT2D eigenvalue weighted by Crippen LogP contribution is -2.22. The second-order valence-electron chi connectivity index (χ2n) is 7.01. The van der Waals surface area contributed by atoms with Gasteiger partial charge in [0.2, 0.25) is 0 Å². The zero-order valence-corrected chi connectivity index (χ0v) is 16.5. The normalized spacial score (nSPS) is 17.9. The molecule has 3 nitrogen and oxygen atoms in total. The molecule has 1 atom stereocenters.